The number of sulfonamides is 1. The number of hydrogen-bond donors (Lipinski definition) is 2. The normalized spacial score (nSPS) is 19.3. The van der Waals surface area contributed by atoms with Crippen LogP contribution in [-0.4, -0.2) is 56.3 Å². The SMILES string of the molecule is CN(C)C1(CNS(=O)(=O)CCC(=O)O)CCCC1. The minimum Gasteiger partial charge on any atom is -0.481 e. The first-order valence-electron chi connectivity index (χ1n) is 6.14. The standard InChI is InChI=1S/C11H22N2O4S/c1-13(2)11(6-3-4-7-11)9-12-18(16,17)8-5-10(14)15/h12H,3-9H2,1-2H3,(H,14,15). The van der Waals surface area contributed by atoms with Gasteiger partial charge >= 0.3 is 5.97 Å². The predicted molar refractivity (Wildman–Crippen MR) is 68.9 cm³/mol. The van der Waals surface area contributed by atoms with Crippen molar-refractivity contribution in [3.05, 3.63) is 0 Å². The van der Waals surface area contributed by atoms with Gasteiger partial charge in [-0.05, 0) is 26.9 Å². The van der Waals surface area contributed by atoms with Crippen LogP contribution in [0.5, 0.6) is 0 Å². The second kappa shape index (κ2) is 5.99. The average Bonchev–Trinajstić information content (AvgIpc) is 2.74. The Bertz CT molecular complexity index is 386. The molecule has 106 valence electrons. The number of rotatable bonds is 7. The van der Waals surface area contributed by atoms with E-state index in [1.807, 2.05) is 14.1 Å². The molecule has 1 aliphatic rings. The Labute approximate surface area is 108 Å². The van der Waals surface area contributed by atoms with Crippen molar-refractivity contribution in [2.75, 3.05) is 26.4 Å². The van der Waals surface area contributed by atoms with Crippen LogP contribution in [0.4, 0.5) is 0 Å². The van der Waals surface area contributed by atoms with Gasteiger partial charge in [0, 0.05) is 12.1 Å². The Balaban J connectivity index is 2.54. The Hall–Kier alpha value is -0.660. The number of hydrogen-bond acceptors (Lipinski definition) is 4. The lowest BCUT2D eigenvalue weighted by Crippen LogP contribution is -2.51. The van der Waals surface area contributed by atoms with Gasteiger partial charge in [-0.3, -0.25) is 4.79 Å². The van der Waals surface area contributed by atoms with Crippen LogP contribution in [-0.2, 0) is 14.8 Å². The molecule has 1 rings (SSSR count). The zero-order valence-electron chi connectivity index (χ0n) is 11.0. The van der Waals surface area contributed by atoms with Gasteiger partial charge in [-0.1, -0.05) is 12.8 Å². The molecule has 0 aliphatic heterocycles. The van der Waals surface area contributed by atoms with Crippen molar-refractivity contribution >= 4 is 16.0 Å². The highest BCUT2D eigenvalue weighted by Gasteiger charge is 2.36. The van der Waals surface area contributed by atoms with E-state index in [9.17, 15) is 13.2 Å². The van der Waals surface area contributed by atoms with Gasteiger partial charge in [0.05, 0.1) is 12.2 Å². The smallest absolute Gasteiger partial charge is 0.304 e. The lowest BCUT2D eigenvalue weighted by molar-refractivity contribution is -0.136. The lowest BCUT2D eigenvalue weighted by Gasteiger charge is -2.36. The predicted octanol–water partition coefficient (Wildman–Crippen LogP) is 0.255. The first-order chi connectivity index (χ1) is 8.27. The summed E-state index contributed by atoms with van der Waals surface area (Å²) >= 11 is 0. The van der Waals surface area contributed by atoms with Gasteiger partial charge in [0.25, 0.3) is 0 Å². The van der Waals surface area contributed by atoms with E-state index in [0.717, 1.165) is 25.7 Å². The summed E-state index contributed by atoms with van der Waals surface area (Å²) in [7, 11) is 0.417. The maximum Gasteiger partial charge on any atom is 0.304 e. The lowest BCUT2D eigenvalue weighted by atomic mass is 9.97. The zero-order valence-corrected chi connectivity index (χ0v) is 11.8. The maximum absolute atomic E-state index is 11.7. The molecule has 0 spiro atoms. The number of carbonyl (C=O) groups is 1. The summed E-state index contributed by atoms with van der Waals surface area (Å²) in [5, 5.41) is 8.50. The number of nitrogens with zero attached hydrogens (tertiary/aromatic N) is 1. The Morgan fingerprint density at radius 1 is 1.33 bits per heavy atom. The van der Waals surface area contributed by atoms with Gasteiger partial charge in [-0.15, -0.1) is 0 Å². The van der Waals surface area contributed by atoms with Crippen molar-refractivity contribution in [1.29, 1.82) is 0 Å². The first kappa shape index (κ1) is 15.4. The average molecular weight is 278 g/mol. The van der Waals surface area contributed by atoms with E-state index >= 15 is 0 Å². The quantitative estimate of drug-likeness (QED) is 0.697. The van der Waals surface area contributed by atoms with Gasteiger partial charge < -0.3 is 10.0 Å². The molecule has 0 aromatic rings. The summed E-state index contributed by atoms with van der Waals surface area (Å²) < 4.78 is 25.9. The summed E-state index contributed by atoms with van der Waals surface area (Å²) in [6.07, 6.45) is 3.80. The van der Waals surface area contributed by atoms with Gasteiger partial charge in [-0.25, -0.2) is 13.1 Å². The zero-order chi connectivity index (χ0) is 13.8. The van der Waals surface area contributed by atoms with Crippen LogP contribution in [0.3, 0.4) is 0 Å². The molecule has 0 heterocycles. The van der Waals surface area contributed by atoms with Gasteiger partial charge in [0.1, 0.15) is 0 Å². The topological polar surface area (TPSA) is 86.7 Å². The molecule has 0 aromatic carbocycles. The van der Waals surface area contributed by atoms with E-state index in [1.54, 1.807) is 0 Å². The fourth-order valence-corrected chi connectivity index (χ4v) is 3.43. The summed E-state index contributed by atoms with van der Waals surface area (Å²) in [4.78, 5) is 12.4. The summed E-state index contributed by atoms with van der Waals surface area (Å²) in [5.41, 5.74) is -0.115. The molecule has 1 fully saturated rings. The summed E-state index contributed by atoms with van der Waals surface area (Å²) in [5.74, 6) is -1.45. The number of likely N-dealkylation sites (N-methyl/N-ethyl adjacent to an activating group) is 1. The van der Waals surface area contributed by atoms with Crippen LogP contribution in [0, 0.1) is 0 Å². The molecule has 2 N–H and O–H groups in total. The van der Waals surface area contributed by atoms with Gasteiger partial charge in [0.15, 0.2) is 0 Å². The molecule has 0 unspecified atom stereocenters. The molecule has 7 heteroatoms. The largest absolute Gasteiger partial charge is 0.481 e. The van der Waals surface area contributed by atoms with Crippen molar-refractivity contribution in [1.82, 2.24) is 9.62 Å². The molecule has 0 bridgehead atoms. The second-order valence-corrected chi connectivity index (χ2v) is 7.04. The van der Waals surface area contributed by atoms with Crippen molar-refractivity contribution < 1.29 is 18.3 Å². The summed E-state index contributed by atoms with van der Waals surface area (Å²) in [6, 6.07) is 0. The molecule has 0 radical (unpaired) electrons. The molecule has 6 nitrogen and oxygen atoms in total. The Morgan fingerprint density at radius 2 is 1.89 bits per heavy atom. The fourth-order valence-electron chi connectivity index (χ4n) is 2.35. The number of carboxylic acid groups (broad SMARTS) is 1. The molecular formula is C11H22N2O4S. The maximum atomic E-state index is 11.7. The van der Waals surface area contributed by atoms with E-state index in [2.05, 4.69) is 9.62 Å². The molecular weight excluding hydrogens is 256 g/mol. The van der Waals surface area contributed by atoms with Crippen molar-refractivity contribution in [3.8, 4) is 0 Å². The van der Waals surface area contributed by atoms with E-state index in [-0.39, 0.29) is 17.7 Å². The van der Waals surface area contributed by atoms with Crippen molar-refractivity contribution in [2.45, 2.75) is 37.6 Å². The third kappa shape index (κ3) is 4.22. The van der Waals surface area contributed by atoms with Gasteiger partial charge in [0.2, 0.25) is 10.0 Å². The Kier molecular flexibility index (Phi) is 5.12. The third-order valence-electron chi connectivity index (χ3n) is 3.69. The molecule has 0 atom stereocenters. The van der Waals surface area contributed by atoms with Crippen molar-refractivity contribution in [2.24, 2.45) is 0 Å². The minimum absolute atomic E-state index is 0.115. The monoisotopic (exact) mass is 278 g/mol. The molecule has 0 aromatic heterocycles. The van der Waals surface area contributed by atoms with E-state index in [0.29, 0.717) is 6.54 Å². The van der Waals surface area contributed by atoms with E-state index < -0.39 is 16.0 Å². The highest BCUT2D eigenvalue weighted by Crippen LogP contribution is 2.33. The highest BCUT2D eigenvalue weighted by molar-refractivity contribution is 7.89. The highest BCUT2D eigenvalue weighted by atomic mass is 32.2. The third-order valence-corrected chi connectivity index (χ3v) is 5.01. The minimum atomic E-state index is -3.49. The first-order valence-corrected chi connectivity index (χ1v) is 7.79. The molecule has 1 saturated carbocycles. The summed E-state index contributed by atoms with van der Waals surface area (Å²) in [6.45, 7) is 0.363. The van der Waals surface area contributed by atoms with E-state index in [4.69, 9.17) is 5.11 Å². The fraction of sp³-hybridized carbons (Fsp3) is 0.909. The Morgan fingerprint density at radius 3 is 2.33 bits per heavy atom. The van der Waals surface area contributed by atoms with Crippen LogP contribution < -0.4 is 4.72 Å². The van der Waals surface area contributed by atoms with Crippen LogP contribution in [0.1, 0.15) is 32.1 Å². The molecule has 0 amide bonds. The second-order valence-electron chi connectivity index (χ2n) is 5.11. The molecule has 0 saturated heterocycles. The van der Waals surface area contributed by atoms with Crippen molar-refractivity contribution in [3.63, 3.8) is 0 Å². The van der Waals surface area contributed by atoms with E-state index in [1.165, 1.54) is 0 Å². The van der Waals surface area contributed by atoms with Crippen LogP contribution in [0.25, 0.3) is 0 Å². The molecule has 1 aliphatic carbocycles. The number of nitrogens with one attached hydrogen (secondary N) is 1. The van der Waals surface area contributed by atoms with Crippen LogP contribution in [0.15, 0.2) is 0 Å². The number of carboxylic acids is 1. The molecule has 18 heavy (non-hydrogen) atoms. The van der Waals surface area contributed by atoms with Crippen LogP contribution >= 0.6 is 0 Å². The van der Waals surface area contributed by atoms with Crippen LogP contribution in [0.2, 0.25) is 0 Å². The van der Waals surface area contributed by atoms with Gasteiger partial charge in [-0.2, -0.15) is 0 Å². The number of aliphatic carboxylic acids is 1.